The highest BCUT2D eigenvalue weighted by atomic mass is 79.9. The molecule has 0 spiro atoms. The number of pyridine rings is 1. The highest BCUT2D eigenvalue weighted by Crippen LogP contribution is 2.44. The molecule has 34 heavy (non-hydrogen) atoms. The number of carboxylic acids is 1. The smallest absolute Gasteiger partial charge is 0.326 e. The standard InChI is InChI=1S/C26H37BrN4O2S/c1-29(2)18-6-8-19(9-7-18)30(3)25-21-15-17(27)5-12-22(21)28-16-24(25)31(20-10-11-20)23(26(32)33)13-14-34-4/h5,12,15-16,18-20,23H,6-11,13-14H2,1-4H3,(H,32,33)/t18-,19-,23-/m0/s1. The molecule has 0 saturated heterocycles. The van der Waals surface area contributed by atoms with Gasteiger partial charge < -0.3 is 19.8 Å². The van der Waals surface area contributed by atoms with Crippen LogP contribution in [0.1, 0.15) is 44.9 Å². The van der Waals surface area contributed by atoms with Crippen molar-refractivity contribution >= 4 is 55.9 Å². The van der Waals surface area contributed by atoms with Crippen molar-refractivity contribution in [1.29, 1.82) is 0 Å². The first kappa shape index (κ1) is 25.6. The Morgan fingerprint density at radius 3 is 2.35 bits per heavy atom. The first-order chi connectivity index (χ1) is 16.3. The van der Waals surface area contributed by atoms with Crippen LogP contribution in [0.4, 0.5) is 11.4 Å². The summed E-state index contributed by atoms with van der Waals surface area (Å²) in [6.45, 7) is 0. The number of rotatable bonds is 10. The lowest BCUT2D eigenvalue weighted by atomic mass is 9.89. The molecule has 0 aliphatic heterocycles. The van der Waals surface area contributed by atoms with Gasteiger partial charge in [-0.15, -0.1) is 0 Å². The molecule has 2 aliphatic rings. The molecule has 1 aromatic carbocycles. The van der Waals surface area contributed by atoms with Gasteiger partial charge >= 0.3 is 5.97 Å². The topological polar surface area (TPSA) is 59.9 Å². The summed E-state index contributed by atoms with van der Waals surface area (Å²) in [4.78, 5) is 24.2. The lowest BCUT2D eigenvalue weighted by Crippen LogP contribution is -2.45. The van der Waals surface area contributed by atoms with Crippen molar-refractivity contribution in [3.63, 3.8) is 0 Å². The van der Waals surface area contributed by atoms with E-state index in [9.17, 15) is 9.90 Å². The van der Waals surface area contributed by atoms with E-state index < -0.39 is 12.0 Å². The van der Waals surface area contributed by atoms with E-state index in [1.54, 1.807) is 11.8 Å². The first-order valence-corrected chi connectivity index (χ1v) is 14.5. The molecule has 0 bridgehead atoms. The molecule has 2 fully saturated rings. The zero-order chi connectivity index (χ0) is 24.4. The summed E-state index contributed by atoms with van der Waals surface area (Å²) in [6, 6.07) is 7.01. The Morgan fingerprint density at radius 2 is 1.76 bits per heavy atom. The predicted octanol–water partition coefficient (Wildman–Crippen LogP) is 5.48. The molecular formula is C26H37BrN4O2S. The van der Waals surface area contributed by atoms with Gasteiger partial charge in [-0.25, -0.2) is 4.79 Å². The van der Waals surface area contributed by atoms with Crippen LogP contribution in [0.3, 0.4) is 0 Å². The van der Waals surface area contributed by atoms with E-state index in [1.165, 1.54) is 12.8 Å². The molecule has 1 aromatic heterocycles. The summed E-state index contributed by atoms with van der Waals surface area (Å²) in [7, 11) is 6.55. The van der Waals surface area contributed by atoms with E-state index in [1.807, 2.05) is 24.6 Å². The molecule has 8 heteroatoms. The molecular weight excluding hydrogens is 512 g/mol. The molecule has 0 unspecified atom stereocenters. The Morgan fingerprint density at radius 1 is 1.12 bits per heavy atom. The summed E-state index contributed by atoms with van der Waals surface area (Å²) in [5.74, 6) is 0.0855. The molecule has 1 heterocycles. The summed E-state index contributed by atoms with van der Waals surface area (Å²) in [6.07, 6.45) is 11.3. The molecule has 2 saturated carbocycles. The zero-order valence-electron chi connectivity index (χ0n) is 20.7. The number of carboxylic acid groups (broad SMARTS) is 1. The molecule has 6 nitrogen and oxygen atoms in total. The van der Waals surface area contributed by atoms with Crippen molar-refractivity contribution in [3.8, 4) is 0 Å². The number of aliphatic carboxylic acids is 1. The summed E-state index contributed by atoms with van der Waals surface area (Å²) in [5, 5.41) is 11.3. The van der Waals surface area contributed by atoms with Crippen LogP contribution in [-0.4, -0.2) is 78.3 Å². The van der Waals surface area contributed by atoms with Gasteiger partial charge in [0.2, 0.25) is 0 Å². The number of carbonyl (C=O) groups is 1. The van der Waals surface area contributed by atoms with Gasteiger partial charge in [-0.3, -0.25) is 4.98 Å². The number of nitrogens with zero attached hydrogens (tertiary/aromatic N) is 4. The fourth-order valence-electron chi connectivity index (χ4n) is 5.43. The van der Waals surface area contributed by atoms with Crippen molar-refractivity contribution in [1.82, 2.24) is 9.88 Å². The van der Waals surface area contributed by atoms with Crippen LogP contribution in [0.25, 0.3) is 10.9 Å². The van der Waals surface area contributed by atoms with Crippen LogP contribution in [-0.2, 0) is 4.79 Å². The Labute approximate surface area is 216 Å². The summed E-state index contributed by atoms with van der Waals surface area (Å²) >= 11 is 5.37. The van der Waals surface area contributed by atoms with E-state index >= 15 is 0 Å². The van der Waals surface area contributed by atoms with Gasteiger partial charge in [0.15, 0.2) is 0 Å². The van der Waals surface area contributed by atoms with Crippen LogP contribution in [0.5, 0.6) is 0 Å². The molecule has 1 atom stereocenters. The number of fused-ring (bicyclic) bond motifs is 1. The molecule has 186 valence electrons. The average Bonchev–Trinajstić information content (AvgIpc) is 3.65. The van der Waals surface area contributed by atoms with Crippen molar-refractivity contribution in [2.75, 3.05) is 43.0 Å². The number of anilines is 2. The largest absolute Gasteiger partial charge is 0.480 e. The maximum absolute atomic E-state index is 12.5. The van der Waals surface area contributed by atoms with Gasteiger partial charge in [0.1, 0.15) is 6.04 Å². The van der Waals surface area contributed by atoms with E-state index in [0.29, 0.717) is 18.5 Å². The molecule has 2 aromatic rings. The minimum Gasteiger partial charge on any atom is -0.480 e. The van der Waals surface area contributed by atoms with E-state index in [2.05, 4.69) is 57.8 Å². The Hall–Kier alpha value is -1.51. The number of hydrogen-bond donors (Lipinski definition) is 1. The Bertz CT molecular complexity index is 1010. The van der Waals surface area contributed by atoms with Crippen LogP contribution >= 0.6 is 27.7 Å². The van der Waals surface area contributed by atoms with Gasteiger partial charge in [0.25, 0.3) is 0 Å². The van der Waals surface area contributed by atoms with Crippen LogP contribution in [0.2, 0.25) is 0 Å². The monoisotopic (exact) mass is 548 g/mol. The zero-order valence-corrected chi connectivity index (χ0v) is 23.1. The third-order valence-electron chi connectivity index (χ3n) is 7.51. The van der Waals surface area contributed by atoms with Gasteiger partial charge in [-0.2, -0.15) is 11.8 Å². The van der Waals surface area contributed by atoms with E-state index in [0.717, 1.165) is 58.2 Å². The second-order valence-corrected chi connectivity index (χ2v) is 11.9. The second-order valence-electron chi connectivity index (χ2n) is 9.96. The SMILES string of the molecule is CSCC[C@@H](C(=O)O)N(c1cnc2ccc(Br)cc2c1N(C)[C@H]1CC[C@H](N(C)C)CC1)C1CC1. The normalized spacial score (nSPS) is 21.6. The van der Waals surface area contributed by atoms with Crippen molar-refractivity contribution < 1.29 is 9.90 Å². The van der Waals surface area contributed by atoms with Gasteiger partial charge in [0, 0.05) is 35.0 Å². The summed E-state index contributed by atoms with van der Waals surface area (Å²) in [5.41, 5.74) is 3.04. The van der Waals surface area contributed by atoms with Crippen LogP contribution in [0, 0.1) is 0 Å². The molecule has 0 radical (unpaired) electrons. The minimum atomic E-state index is -0.740. The van der Waals surface area contributed by atoms with Gasteiger partial charge in [0.05, 0.1) is 23.1 Å². The van der Waals surface area contributed by atoms with Crippen LogP contribution < -0.4 is 9.80 Å². The number of halogens is 1. The predicted molar refractivity (Wildman–Crippen MR) is 148 cm³/mol. The van der Waals surface area contributed by atoms with Crippen molar-refractivity contribution in [2.24, 2.45) is 0 Å². The number of benzene rings is 1. The maximum Gasteiger partial charge on any atom is 0.326 e. The van der Waals surface area contributed by atoms with E-state index in [4.69, 9.17) is 4.98 Å². The molecule has 1 N–H and O–H groups in total. The fraction of sp³-hybridized carbons (Fsp3) is 0.615. The number of thioether (sulfide) groups is 1. The van der Waals surface area contributed by atoms with Gasteiger partial charge in [-0.1, -0.05) is 15.9 Å². The third-order valence-corrected chi connectivity index (χ3v) is 8.65. The fourth-order valence-corrected chi connectivity index (χ4v) is 6.25. The second kappa shape index (κ2) is 11.0. The minimum absolute atomic E-state index is 0.269. The highest BCUT2D eigenvalue weighted by molar-refractivity contribution is 9.10. The highest BCUT2D eigenvalue weighted by Gasteiger charge is 2.40. The van der Waals surface area contributed by atoms with Crippen LogP contribution in [0.15, 0.2) is 28.9 Å². The maximum atomic E-state index is 12.5. The lowest BCUT2D eigenvalue weighted by molar-refractivity contribution is -0.138. The van der Waals surface area contributed by atoms with Crippen molar-refractivity contribution in [3.05, 3.63) is 28.9 Å². The Kier molecular flexibility index (Phi) is 8.31. The molecule has 0 amide bonds. The first-order valence-electron chi connectivity index (χ1n) is 12.3. The lowest BCUT2D eigenvalue weighted by Gasteiger charge is -2.41. The van der Waals surface area contributed by atoms with Gasteiger partial charge in [-0.05, 0) is 89.2 Å². The average molecular weight is 550 g/mol. The third kappa shape index (κ3) is 5.49. The van der Waals surface area contributed by atoms with E-state index in [-0.39, 0.29) is 6.04 Å². The quantitative estimate of drug-likeness (QED) is 0.421. The summed E-state index contributed by atoms with van der Waals surface area (Å²) < 4.78 is 1.01. The molecule has 2 aliphatic carbocycles. The number of hydrogen-bond acceptors (Lipinski definition) is 6. The number of aromatic nitrogens is 1. The molecule has 4 rings (SSSR count). The van der Waals surface area contributed by atoms with Crippen molar-refractivity contribution in [2.45, 2.75) is 69.1 Å². The Balaban J connectivity index is 1.79.